The first-order valence-electron chi connectivity index (χ1n) is 7.98. The van der Waals surface area contributed by atoms with Crippen molar-refractivity contribution < 1.29 is 19.4 Å². The Hall–Kier alpha value is -2.30. The fourth-order valence-corrected chi connectivity index (χ4v) is 2.10. The Balaban J connectivity index is 2.61. The summed E-state index contributed by atoms with van der Waals surface area (Å²) < 4.78 is 5.69. The van der Waals surface area contributed by atoms with Gasteiger partial charge in [-0.2, -0.15) is 0 Å². The first kappa shape index (κ1) is 18.7. The van der Waals surface area contributed by atoms with Crippen molar-refractivity contribution in [2.24, 2.45) is 0 Å². The van der Waals surface area contributed by atoms with Crippen LogP contribution in [0.3, 0.4) is 0 Å². The molecule has 5 heteroatoms. The second-order valence-electron chi connectivity index (χ2n) is 5.38. The van der Waals surface area contributed by atoms with Crippen LogP contribution in [0.1, 0.15) is 51.5 Å². The molecule has 0 spiro atoms. The first-order chi connectivity index (χ1) is 11.0. The van der Waals surface area contributed by atoms with Crippen molar-refractivity contribution in [3.05, 3.63) is 35.5 Å². The van der Waals surface area contributed by atoms with Crippen LogP contribution in [0.4, 0.5) is 0 Å². The van der Waals surface area contributed by atoms with Crippen molar-refractivity contribution in [2.45, 2.75) is 46.0 Å². The van der Waals surface area contributed by atoms with E-state index in [2.05, 4.69) is 12.2 Å². The Kier molecular flexibility index (Phi) is 8.50. The summed E-state index contributed by atoms with van der Waals surface area (Å²) in [5, 5.41) is 11.4. The molecule has 2 N–H and O–H groups in total. The van der Waals surface area contributed by atoms with Crippen LogP contribution in [-0.4, -0.2) is 23.6 Å². The van der Waals surface area contributed by atoms with E-state index in [0.29, 0.717) is 17.9 Å². The average molecular weight is 319 g/mol. The highest BCUT2D eigenvalue weighted by Gasteiger charge is 2.09. The van der Waals surface area contributed by atoms with Crippen LogP contribution in [0.2, 0.25) is 0 Å². The van der Waals surface area contributed by atoms with Gasteiger partial charge in [0.25, 0.3) is 0 Å². The number of amides is 1. The maximum atomic E-state index is 11.1. The molecule has 126 valence electrons. The largest absolute Gasteiger partial charge is 0.494 e. The lowest BCUT2D eigenvalue weighted by molar-refractivity contribution is -0.134. The number of carboxylic acids is 1. The highest BCUT2D eigenvalue weighted by atomic mass is 16.5. The minimum atomic E-state index is -1.18. The number of ether oxygens (including phenoxy) is 1. The monoisotopic (exact) mass is 319 g/mol. The molecule has 0 saturated heterocycles. The van der Waals surface area contributed by atoms with Crippen LogP contribution in [0.25, 0.3) is 6.08 Å². The second kappa shape index (κ2) is 10.4. The highest BCUT2D eigenvalue weighted by Crippen LogP contribution is 2.16. The molecule has 0 fully saturated rings. The van der Waals surface area contributed by atoms with E-state index in [0.717, 1.165) is 12.8 Å². The molecule has 0 aliphatic carbocycles. The third-order valence-electron chi connectivity index (χ3n) is 3.23. The minimum Gasteiger partial charge on any atom is -0.494 e. The standard InChI is InChI=1S/C18H25NO4/c1-3-4-5-6-7-11-23-16-10-8-9-15(12-16)13-17(18(21)22)19-14(2)20/h8-10,12-13H,3-7,11H2,1-2H3,(H,19,20)(H,21,22)/b17-13-. The smallest absolute Gasteiger partial charge is 0.352 e. The Morgan fingerprint density at radius 3 is 2.61 bits per heavy atom. The van der Waals surface area contributed by atoms with Crippen LogP contribution < -0.4 is 10.1 Å². The van der Waals surface area contributed by atoms with E-state index in [1.807, 2.05) is 6.07 Å². The van der Waals surface area contributed by atoms with Gasteiger partial charge in [-0.3, -0.25) is 4.79 Å². The number of hydrogen-bond donors (Lipinski definition) is 2. The first-order valence-corrected chi connectivity index (χ1v) is 7.98. The molecule has 0 heterocycles. The number of carbonyl (C=O) groups excluding carboxylic acids is 1. The van der Waals surface area contributed by atoms with E-state index < -0.39 is 11.9 Å². The molecule has 0 radical (unpaired) electrons. The van der Waals surface area contributed by atoms with Crippen LogP contribution in [0.15, 0.2) is 30.0 Å². The third kappa shape index (κ3) is 8.04. The average Bonchev–Trinajstić information content (AvgIpc) is 2.50. The van der Waals surface area contributed by atoms with Gasteiger partial charge in [-0.25, -0.2) is 4.79 Å². The number of benzene rings is 1. The normalized spacial score (nSPS) is 11.1. The van der Waals surface area contributed by atoms with E-state index in [1.54, 1.807) is 18.2 Å². The number of hydrogen-bond acceptors (Lipinski definition) is 3. The van der Waals surface area contributed by atoms with Crippen molar-refractivity contribution in [3.63, 3.8) is 0 Å². The van der Waals surface area contributed by atoms with Gasteiger partial charge in [0.2, 0.25) is 5.91 Å². The lowest BCUT2D eigenvalue weighted by atomic mass is 10.1. The third-order valence-corrected chi connectivity index (χ3v) is 3.23. The van der Waals surface area contributed by atoms with E-state index in [9.17, 15) is 9.59 Å². The topological polar surface area (TPSA) is 75.6 Å². The molecule has 5 nitrogen and oxygen atoms in total. The van der Waals surface area contributed by atoms with E-state index in [4.69, 9.17) is 9.84 Å². The summed E-state index contributed by atoms with van der Waals surface area (Å²) in [6, 6.07) is 7.16. The van der Waals surface area contributed by atoms with Crippen LogP contribution >= 0.6 is 0 Å². The zero-order chi connectivity index (χ0) is 17.1. The van der Waals surface area contributed by atoms with Crippen LogP contribution in [-0.2, 0) is 9.59 Å². The molecule has 1 aromatic carbocycles. The maximum absolute atomic E-state index is 11.1. The zero-order valence-electron chi connectivity index (χ0n) is 13.8. The van der Waals surface area contributed by atoms with Crippen molar-refractivity contribution in [1.29, 1.82) is 0 Å². The van der Waals surface area contributed by atoms with Gasteiger partial charge in [-0.15, -0.1) is 0 Å². The van der Waals surface area contributed by atoms with E-state index in [1.165, 1.54) is 32.3 Å². The molecule has 0 atom stereocenters. The van der Waals surface area contributed by atoms with Crippen molar-refractivity contribution in [3.8, 4) is 5.75 Å². The predicted molar refractivity (Wildman–Crippen MR) is 90.1 cm³/mol. The van der Waals surface area contributed by atoms with E-state index in [-0.39, 0.29) is 5.70 Å². The quantitative estimate of drug-likeness (QED) is 0.510. The summed E-state index contributed by atoms with van der Waals surface area (Å²) in [4.78, 5) is 22.1. The summed E-state index contributed by atoms with van der Waals surface area (Å²) >= 11 is 0. The Morgan fingerprint density at radius 1 is 1.22 bits per heavy atom. The molecule has 0 bridgehead atoms. The van der Waals surface area contributed by atoms with E-state index >= 15 is 0 Å². The van der Waals surface area contributed by atoms with Crippen molar-refractivity contribution in [1.82, 2.24) is 5.32 Å². The van der Waals surface area contributed by atoms with Gasteiger partial charge in [0, 0.05) is 6.92 Å². The summed E-state index contributed by atoms with van der Waals surface area (Å²) in [5.41, 5.74) is 0.508. The molecule has 23 heavy (non-hydrogen) atoms. The summed E-state index contributed by atoms with van der Waals surface area (Å²) in [6.07, 6.45) is 7.27. The fourth-order valence-electron chi connectivity index (χ4n) is 2.10. The van der Waals surface area contributed by atoms with Gasteiger partial charge < -0.3 is 15.2 Å². The summed E-state index contributed by atoms with van der Waals surface area (Å²) in [7, 11) is 0. The fraction of sp³-hybridized carbons (Fsp3) is 0.444. The van der Waals surface area contributed by atoms with Gasteiger partial charge >= 0.3 is 5.97 Å². The maximum Gasteiger partial charge on any atom is 0.352 e. The molecule has 0 unspecified atom stereocenters. The van der Waals surface area contributed by atoms with Crippen molar-refractivity contribution in [2.75, 3.05) is 6.61 Å². The van der Waals surface area contributed by atoms with Gasteiger partial charge in [-0.05, 0) is 30.2 Å². The summed E-state index contributed by atoms with van der Waals surface area (Å²) in [6.45, 7) is 4.10. The molecule has 1 aromatic rings. The SMILES string of the molecule is CCCCCCCOc1cccc(/C=C(\NC(C)=O)C(=O)O)c1. The van der Waals surface area contributed by atoms with Gasteiger partial charge in [0.15, 0.2) is 0 Å². The molecule has 1 rings (SSSR count). The molecule has 0 aromatic heterocycles. The van der Waals surface area contributed by atoms with Crippen molar-refractivity contribution >= 4 is 18.0 Å². The molecular formula is C18H25NO4. The number of carbonyl (C=O) groups is 2. The second-order valence-corrected chi connectivity index (χ2v) is 5.38. The van der Waals surface area contributed by atoms with Gasteiger partial charge in [-0.1, -0.05) is 44.7 Å². The zero-order valence-corrected chi connectivity index (χ0v) is 13.8. The lowest BCUT2D eigenvalue weighted by Gasteiger charge is -2.07. The van der Waals surface area contributed by atoms with Gasteiger partial charge in [0.05, 0.1) is 6.61 Å². The number of carboxylic acid groups (broad SMARTS) is 1. The molecule has 0 aliphatic heterocycles. The number of aliphatic carboxylic acids is 1. The number of rotatable bonds is 10. The summed E-state index contributed by atoms with van der Waals surface area (Å²) in [5.74, 6) is -0.901. The van der Waals surface area contributed by atoms with Gasteiger partial charge in [0.1, 0.15) is 11.4 Å². The number of nitrogens with one attached hydrogen (secondary N) is 1. The van der Waals surface area contributed by atoms with Crippen LogP contribution in [0.5, 0.6) is 5.75 Å². The Morgan fingerprint density at radius 2 is 1.96 bits per heavy atom. The molecule has 1 amide bonds. The minimum absolute atomic E-state index is 0.158. The molecule has 0 saturated carbocycles. The lowest BCUT2D eigenvalue weighted by Crippen LogP contribution is -2.24. The number of unbranched alkanes of at least 4 members (excludes halogenated alkanes) is 4. The van der Waals surface area contributed by atoms with Crippen LogP contribution in [0, 0.1) is 0 Å². The molecule has 0 aliphatic rings. The Bertz CT molecular complexity index is 552. The predicted octanol–water partition coefficient (Wildman–Crippen LogP) is 3.60. The Labute approximate surface area is 137 Å². The highest BCUT2D eigenvalue weighted by molar-refractivity contribution is 5.96. The molecular weight excluding hydrogens is 294 g/mol.